The van der Waals surface area contributed by atoms with Crippen LogP contribution in [0.4, 0.5) is 0 Å². The highest BCUT2D eigenvalue weighted by Crippen LogP contribution is 2.11. The molecule has 35 heavy (non-hydrogen) atoms. The number of hydrogen-bond acceptors (Lipinski definition) is 9. The van der Waals surface area contributed by atoms with Gasteiger partial charge in [0.05, 0.1) is 38.4 Å². The Kier molecular flexibility index (Phi) is 16.3. The Bertz CT molecular complexity index is 746. The molecule has 11 nitrogen and oxygen atoms in total. The topological polar surface area (TPSA) is 164 Å². The van der Waals surface area contributed by atoms with Crippen molar-refractivity contribution in [1.29, 1.82) is 0 Å². The number of rotatable bonds is 21. The first kappa shape index (κ1) is 30.5. The largest absolute Gasteiger partial charge is 0.508 e. The number of ketones is 1. The Morgan fingerprint density at radius 1 is 0.971 bits per heavy atom. The lowest BCUT2D eigenvalue weighted by molar-refractivity contribution is -0.126. The molecule has 1 rings (SSSR count). The molecule has 0 unspecified atom stereocenters. The number of nitrogens with two attached hydrogens (primary N) is 1. The number of amides is 2. The van der Waals surface area contributed by atoms with Gasteiger partial charge in [-0.15, -0.1) is 0 Å². The van der Waals surface area contributed by atoms with Crippen molar-refractivity contribution in [2.75, 3.05) is 60.2 Å². The summed E-state index contributed by atoms with van der Waals surface area (Å²) in [6.07, 6.45) is 2.39. The molecule has 198 valence electrons. The van der Waals surface area contributed by atoms with E-state index in [0.29, 0.717) is 39.2 Å². The Hall–Kier alpha value is -2.57. The molecule has 0 aliphatic heterocycles. The number of phenolic OH excluding ortho intramolecular Hbond substituents is 1. The van der Waals surface area contributed by atoms with Crippen LogP contribution in [0.3, 0.4) is 0 Å². The number of benzene rings is 1. The maximum atomic E-state index is 12.6. The summed E-state index contributed by atoms with van der Waals surface area (Å²) in [6.45, 7) is 2.67. The molecule has 0 bridgehead atoms. The summed E-state index contributed by atoms with van der Waals surface area (Å²) < 4.78 is 10.6. The minimum Gasteiger partial charge on any atom is -0.508 e. The van der Waals surface area contributed by atoms with Gasteiger partial charge in [-0.05, 0) is 57.5 Å². The molecule has 0 aliphatic carbocycles. The molecule has 0 saturated heterocycles. The van der Waals surface area contributed by atoms with Gasteiger partial charge in [-0.25, -0.2) is 0 Å². The zero-order valence-electron chi connectivity index (χ0n) is 20.8. The molecule has 2 atom stereocenters. The van der Waals surface area contributed by atoms with Crippen LogP contribution in [0.5, 0.6) is 5.75 Å². The molecule has 0 spiro atoms. The van der Waals surface area contributed by atoms with Gasteiger partial charge in [-0.2, -0.15) is 0 Å². The third kappa shape index (κ3) is 14.4. The number of likely N-dealkylation sites (N-methyl/N-ethyl adjacent to an activating group) is 2. The first-order chi connectivity index (χ1) is 16.9. The van der Waals surface area contributed by atoms with Crippen LogP contribution in [0.15, 0.2) is 24.3 Å². The van der Waals surface area contributed by atoms with E-state index in [1.54, 1.807) is 19.2 Å². The second-order valence-electron chi connectivity index (χ2n) is 8.13. The van der Waals surface area contributed by atoms with Crippen LogP contribution >= 0.6 is 0 Å². The van der Waals surface area contributed by atoms with Crippen LogP contribution in [0.1, 0.15) is 24.8 Å². The average molecular weight is 496 g/mol. The predicted molar refractivity (Wildman–Crippen MR) is 133 cm³/mol. The lowest BCUT2D eigenvalue weighted by Crippen LogP contribution is -2.48. The fourth-order valence-electron chi connectivity index (χ4n) is 3.27. The SMILES string of the molecule is CNCCOCCOCC(=O)NCCCC[C@H](NC)C(=O)CN[C@@H](Cc1ccc(O)cc1)C(N)=O. The van der Waals surface area contributed by atoms with E-state index in [1.807, 2.05) is 7.05 Å². The van der Waals surface area contributed by atoms with Crippen molar-refractivity contribution in [3.05, 3.63) is 29.8 Å². The van der Waals surface area contributed by atoms with Crippen molar-refractivity contribution in [2.45, 2.75) is 37.8 Å². The standard InChI is InChI=1S/C24H41N5O6/c1-26-11-12-34-13-14-35-17-23(32)28-10-4-3-5-20(27-2)22(31)16-29-21(24(25)33)15-18-6-8-19(30)9-7-18/h6-9,20-21,26-27,29-30H,3-5,10-17H2,1-2H3,(H2,25,33)(H,28,32)/t20-,21-/m0/s1. The fourth-order valence-corrected chi connectivity index (χ4v) is 3.27. The van der Waals surface area contributed by atoms with E-state index in [4.69, 9.17) is 15.2 Å². The van der Waals surface area contributed by atoms with Crippen molar-refractivity contribution in [1.82, 2.24) is 21.3 Å². The maximum Gasteiger partial charge on any atom is 0.245 e. The highest BCUT2D eigenvalue weighted by atomic mass is 16.5. The van der Waals surface area contributed by atoms with Crippen molar-refractivity contribution in [2.24, 2.45) is 5.73 Å². The van der Waals surface area contributed by atoms with Gasteiger partial charge in [0.1, 0.15) is 12.4 Å². The number of hydrogen-bond donors (Lipinski definition) is 6. The summed E-state index contributed by atoms with van der Waals surface area (Å²) in [5, 5.41) is 21.1. The second kappa shape index (κ2) is 18.7. The van der Waals surface area contributed by atoms with Gasteiger partial charge in [0.2, 0.25) is 11.8 Å². The number of primary amides is 1. The molecular weight excluding hydrogens is 454 g/mol. The van der Waals surface area contributed by atoms with Gasteiger partial charge in [0.25, 0.3) is 0 Å². The summed E-state index contributed by atoms with van der Waals surface area (Å²) in [5.41, 5.74) is 6.30. The van der Waals surface area contributed by atoms with Crippen LogP contribution in [0.2, 0.25) is 0 Å². The minimum absolute atomic E-state index is 0.00391. The van der Waals surface area contributed by atoms with E-state index in [-0.39, 0.29) is 36.6 Å². The number of unbranched alkanes of at least 4 members (excludes halogenated alkanes) is 1. The quantitative estimate of drug-likeness (QED) is 0.118. The zero-order chi connectivity index (χ0) is 25.9. The number of aromatic hydroxyl groups is 1. The second-order valence-corrected chi connectivity index (χ2v) is 8.13. The Labute approximate surface area is 207 Å². The van der Waals surface area contributed by atoms with E-state index in [1.165, 1.54) is 12.1 Å². The van der Waals surface area contributed by atoms with Crippen LogP contribution in [0, 0.1) is 0 Å². The number of ether oxygens (including phenoxy) is 2. The summed E-state index contributed by atoms with van der Waals surface area (Å²) in [4.78, 5) is 36.2. The summed E-state index contributed by atoms with van der Waals surface area (Å²) in [5.74, 6) is -0.665. The third-order valence-corrected chi connectivity index (χ3v) is 5.32. The van der Waals surface area contributed by atoms with Gasteiger partial charge >= 0.3 is 0 Å². The van der Waals surface area contributed by atoms with E-state index in [2.05, 4.69) is 21.3 Å². The maximum absolute atomic E-state index is 12.6. The van der Waals surface area contributed by atoms with E-state index in [0.717, 1.165) is 24.9 Å². The Morgan fingerprint density at radius 2 is 1.69 bits per heavy atom. The molecule has 0 radical (unpaired) electrons. The number of carbonyl (C=O) groups excluding carboxylic acids is 3. The van der Waals surface area contributed by atoms with E-state index < -0.39 is 11.9 Å². The summed E-state index contributed by atoms with van der Waals surface area (Å²) in [6, 6.07) is 5.42. The third-order valence-electron chi connectivity index (χ3n) is 5.32. The first-order valence-corrected chi connectivity index (χ1v) is 11.9. The van der Waals surface area contributed by atoms with Gasteiger partial charge < -0.3 is 36.3 Å². The number of carbonyl (C=O) groups is 3. The predicted octanol–water partition coefficient (Wildman–Crippen LogP) is -0.926. The monoisotopic (exact) mass is 495 g/mol. The molecule has 0 aliphatic rings. The van der Waals surface area contributed by atoms with Crippen LogP contribution < -0.4 is 27.0 Å². The normalized spacial score (nSPS) is 12.7. The summed E-state index contributed by atoms with van der Waals surface area (Å²) >= 11 is 0. The molecule has 2 amide bonds. The van der Waals surface area contributed by atoms with Gasteiger partial charge in [-0.3, -0.25) is 19.7 Å². The van der Waals surface area contributed by atoms with E-state index >= 15 is 0 Å². The van der Waals surface area contributed by atoms with E-state index in [9.17, 15) is 19.5 Å². The lowest BCUT2D eigenvalue weighted by atomic mass is 10.0. The lowest BCUT2D eigenvalue weighted by Gasteiger charge is -2.19. The molecule has 7 N–H and O–H groups in total. The zero-order valence-corrected chi connectivity index (χ0v) is 20.8. The van der Waals surface area contributed by atoms with Crippen molar-refractivity contribution < 1.29 is 29.0 Å². The molecule has 0 aromatic heterocycles. The van der Waals surface area contributed by atoms with Crippen molar-refractivity contribution in [3.63, 3.8) is 0 Å². The average Bonchev–Trinajstić information content (AvgIpc) is 2.84. The van der Waals surface area contributed by atoms with Crippen LogP contribution in [-0.2, 0) is 30.3 Å². The Balaban J connectivity index is 2.22. The number of nitrogens with one attached hydrogen (secondary N) is 4. The number of Topliss-reactive ketones (excluding diaryl/α,β-unsaturated/α-hetero) is 1. The highest BCUT2D eigenvalue weighted by Gasteiger charge is 2.20. The molecule has 0 saturated carbocycles. The molecule has 0 heterocycles. The smallest absolute Gasteiger partial charge is 0.245 e. The first-order valence-electron chi connectivity index (χ1n) is 11.9. The van der Waals surface area contributed by atoms with Crippen molar-refractivity contribution >= 4 is 17.6 Å². The number of phenols is 1. The van der Waals surface area contributed by atoms with Gasteiger partial charge in [-0.1, -0.05) is 12.1 Å². The molecule has 1 aromatic carbocycles. The highest BCUT2D eigenvalue weighted by molar-refractivity contribution is 5.87. The molecule has 11 heteroatoms. The fraction of sp³-hybridized carbons (Fsp3) is 0.625. The van der Waals surface area contributed by atoms with Gasteiger partial charge in [0.15, 0.2) is 5.78 Å². The molecular formula is C24H41N5O6. The van der Waals surface area contributed by atoms with Crippen LogP contribution in [0.25, 0.3) is 0 Å². The van der Waals surface area contributed by atoms with Crippen LogP contribution in [-0.4, -0.2) is 94.9 Å². The minimum atomic E-state index is -0.696. The molecule has 1 aromatic rings. The van der Waals surface area contributed by atoms with Gasteiger partial charge in [0, 0.05) is 13.1 Å². The van der Waals surface area contributed by atoms with Crippen molar-refractivity contribution in [3.8, 4) is 5.75 Å². The Morgan fingerprint density at radius 3 is 2.34 bits per heavy atom. The summed E-state index contributed by atoms with van der Waals surface area (Å²) in [7, 11) is 3.56. The molecule has 0 fully saturated rings.